The summed E-state index contributed by atoms with van der Waals surface area (Å²) in [6.45, 7) is 6.60. The first-order chi connectivity index (χ1) is 16.0. The molecule has 0 radical (unpaired) electrons. The van der Waals surface area contributed by atoms with Gasteiger partial charge in [0.1, 0.15) is 6.29 Å². The smallest absolute Gasteiger partial charge is 0.240 e. The van der Waals surface area contributed by atoms with Crippen molar-refractivity contribution in [1.29, 1.82) is 0 Å². The predicted octanol–water partition coefficient (Wildman–Crippen LogP) is 4.25. The highest BCUT2D eigenvalue weighted by molar-refractivity contribution is 8.25. The zero-order chi connectivity index (χ0) is 23.8. The zero-order valence-corrected chi connectivity index (χ0v) is 20.5. The zero-order valence-electron chi connectivity index (χ0n) is 19.7. The number of hydrogen-bond acceptors (Lipinski definition) is 7. The van der Waals surface area contributed by atoms with Gasteiger partial charge in [-0.1, -0.05) is 44.2 Å². The van der Waals surface area contributed by atoms with Crippen LogP contribution in [0.15, 0.2) is 42.5 Å². The van der Waals surface area contributed by atoms with E-state index in [4.69, 9.17) is 9.92 Å². The fraction of sp³-hybridized carbons (Fsp3) is 0.458. The summed E-state index contributed by atoms with van der Waals surface area (Å²) in [4.78, 5) is 16.1. The number of nitrogens with two attached hydrogens (primary N) is 1. The summed E-state index contributed by atoms with van der Waals surface area (Å²) in [6, 6.07) is 14.3. The molecule has 1 aromatic carbocycles. The molecule has 1 aliphatic carbocycles. The van der Waals surface area contributed by atoms with Gasteiger partial charge in [0.15, 0.2) is 5.65 Å². The quantitative estimate of drug-likeness (QED) is 0.534. The highest BCUT2D eigenvalue weighted by atomic mass is 32.3. The number of aldehydes is 1. The Morgan fingerprint density at radius 1 is 1.15 bits per heavy atom. The van der Waals surface area contributed by atoms with Gasteiger partial charge >= 0.3 is 0 Å². The summed E-state index contributed by atoms with van der Waals surface area (Å²) in [7, 11) is -0.228. The Morgan fingerprint density at radius 3 is 2.36 bits per heavy atom. The Labute approximate surface area is 197 Å². The molecule has 0 atom stereocenters. The van der Waals surface area contributed by atoms with E-state index < -0.39 is 10.6 Å². The van der Waals surface area contributed by atoms with E-state index in [1.165, 1.54) is 5.56 Å². The summed E-state index contributed by atoms with van der Waals surface area (Å²) < 4.78 is 17.3. The minimum absolute atomic E-state index is 0.275. The lowest BCUT2D eigenvalue weighted by atomic mass is 10.1. The Hall–Kier alpha value is -2.46. The maximum absolute atomic E-state index is 10.2. The average Bonchev–Trinajstić information content (AvgIpc) is 3.62. The molecule has 3 N–H and O–H groups in total. The number of benzene rings is 1. The molecule has 2 aromatic heterocycles. The van der Waals surface area contributed by atoms with Crippen molar-refractivity contribution < 1.29 is 13.5 Å². The molecule has 2 fully saturated rings. The highest BCUT2D eigenvalue weighted by Gasteiger charge is 2.24. The van der Waals surface area contributed by atoms with Crippen molar-refractivity contribution in [2.75, 3.05) is 37.4 Å². The topological polar surface area (TPSA) is 106 Å². The maximum Gasteiger partial charge on any atom is 0.240 e. The Morgan fingerprint density at radius 2 is 1.82 bits per heavy atom. The third-order valence-corrected chi connectivity index (χ3v) is 7.87. The molecule has 8 nitrogen and oxygen atoms in total. The number of carbonyl (C=O) groups is 1. The Kier molecular flexibility index (Phi) is 8.85. The largest absolute Gasteiger partial charge is 0.366 e. The van der Waals surface area contributed by atoms with Gasteiger partial charge in [0.2, 0.25) is 5.95 Å². The van der Waals surface area contributed by atoms with Crippen LogP contribution in [0.2, 0.25) is 0 Å². The fourth-order valence-corrected chi connectivity index (χ4v) is 5.12. The third-order valence-electron chi connectivity index (χ3n) is 5.61. The van der Waals surface area contributed by atoms with Gasteiger partial charge in [-0.05, 0) is 30.5 Å². The summed E-state index contributed by atoms with van der Waals surface area (Å²) in [6.07, 6.45) is 3.31. The monoisotopic (exact) mass is 473 g/mol. The first-order valence-electron chi connectivity index (χ1n) is 11.4. The van der Waals surface area contributed by atoms with Crippen LogP contribution in [0.1, 0.15) is 32.3 Å². The number of anilines is 1. The van der Waals surface area contributed by atoms with Crippen molar-refractivity contribution in [3.8, 4) is 11.3 Å². The molecule has 3 heterocycles. The van der Waals surface area contributed by atoms with E-state index in [0.29, 0.717) is 5.92 Å². The van der Waals surface area contributed by atoms with Crippen molar-refractivity contribution in [1.82, 2.24) is 19.5 Å². The van der Waals surface area contributed by atoms with Crippen molar-refractivity contribution >= 4 is 28.5 Å². The SMILES string of the molecule is CC.COS1(O)CCN(Cc2ccc(-c3cccc4nc(N)nn34)cc2)CC1.O=CC1CC1. The number of carbonyl (C=O) groups excluding carboxylic acids is 1. The van der Waals surface area contributed by atoms with Gasteiger partial charge in [-0.25, -0.2) is 4.52 Å². The number of nitrogens with zero attached hydrogens (tertiary/aromatic N) is 4. The van der Waals surface area contributed by atoms with Gasteiger partial charge in [0, 0.05) is 31.1 Å². The van der Waals surface area contributed by atoms with E-state index >= 15 is 0 Å². The van der Waals surface area contributed by atoms with Crippen LogP contribution in [-0.4, -0.2) is 62.0 Å². The van der Waals surface area contributed by atoms with Gasteiger partial charge in [-0.15, -0.1) is 5.10 Å². The standard InChI is InChI=1S/C18H23N5O2S.C4H6O.C2H6/c1-25-26(24)11-9-22(10-12-26)13-14-5-7-15(8-6-14)16-3-2-4-17-20-18(19)21-23(16)17;5-3-4-1-2-4;1-2/h2-8,24H,9-13H2,1H3,(H2,19,21);3-4H,1-2H2;1-2H3. The van der Waals surface area contributed by atoms with Crippen molar-refractivity contribution in [2.24, 2.45) is 5.92 Å². The van der Waals surface area contributed by atoms with Crippen LogP contribution in [0.25, 0.3) is 16.9 Å². The molecule has 3 aromatic rings. The molecule has 0 amide bonds. The minimum atomic E-state index is -1.83. The fourth-order valence-electron chi connectivity index (χ4n) is 3.49. The van der Waals surface area contributed by atoms with Gasteiger partial charge in [0.05, 0.1) is 24.3 Å². The summed E-state index contributed by atoms with van der Waals surface area (Å²) >= 11 is 0. The molecular weight excluding hydrogens is 438 g/mol. The molecule has 180 valence electrons. The molecule has 1 saturated heterocycles. The van der Waals surface area contributed by atoms with Gasteiger partial charge in [-0.3, -0.25) is 13.6 Å². The third kappa shape index (κ3) is 6.77. The second kappa shape index (κ2) is 11.6. The predicted molar refractivity (Wildman–Crippen MR) is 135 cm³/mol. The highest BCUT2D eigenvalue weighted by Crippen LogP contribution is 2.45. The first kappa shape index (κ1) is 25.2. The Bertz CT molecular complexity index is 1030. The number of aromatic nitrogens is 3. The molecule has 1 saturated carbocycles. The first-order valence-corrected chi connectivity index (χ1v) is 13.3. The van der Waals surface area contributed by atoms with Gasteiger partial charge in [-0.2, -0.15) is 15.6 Å². The van der Waals surface area contributed by atoms with Gasteiger partial charge in [0.25, 0.3) is 0 Å². The average molecular weight is 474 g/mol. The van der Waals surface area contributed by atoms with E-state index in [1.807, 2.05) is 32.0 Å². The van der Waals surface area contributed by atoms with Crippen LogP contribution in [0.4, 0.5) is 5.95 Å². The van der Waals surface area contributed by atoms with Crippen LogP contribution >= 0.6 is 10.6 Å². The minimum Gasteiger partial charge on any atom is -0.366 e. The van der Waals surface area contributed by atoms with Gasteiger partial charge < -0.3 is 10.5 Å². The lowest BCUT2D eigenvalue weighted by Gasteiger charge is -2.44. The molecule has 1 aliphatic heterocycles. The second-order valence-electron chi connectivity index (χ2n) is 7.95. The molecule has 9 heteroatoms. The number of pyridine rings is 1. The van der Waals surface area contributed by atoms with Crippen molar-refractivity contribution in [3.05, 3.63) is 48.0 Å². The molecule has 33 heavy (non-hydrogen) atoms. The maximum atomic E-state index is 10.2. The number of fused-ring (bicyclic) bond motifs is 1. The summed E-state index contributed by atoms with van der Waals surface area (Å²) in [5.74, 6) is 2.17. The van der Waals surface area contributed by atoms with Crippen LogP contribution in [-0.2, 0) is 15.5 Å². The van der Waals surface area contributed by atoms with Crippen LogP contribution in [0.5, 0.6) is 0 Å². The molecule has 0 spiro atoms. The van der Waals surface area contributed by atoms with Crippen molar-refractivity contribution in [3.63, 3.8) is 0 Å². The molecular formula is C24H35N5O3S. The second-order valence-corrected chi connectivity index (χ2v) is 10.6. The van der Waals surface area contributed by atoms with E-state index in [1.54, 1.807) is 11.6 Å². The van der Waals surface area contributed by atoms with Crippen LogP contribution < -0.4 is 5.73 Å². The van der Waals surface area contributed by atoms with Crippen LogP contribution in [0.3, 0.4) is 0 Å². The molecule has 5 rings (SSSR count). The van der Waals surface area contributed by atoms with E-state index in [0.717, 1.165) is 67.2 Å². The summed E-state index contributed by atoms with van der Waals surface area (Å²) in [5, 5.41) is 4.27. The normalized spacial score (nSPS) is 18.4. The Balaban J connectivity index is 0.000000381. The molecule has 0 unspecified atom stereocenters. The summed E-state index contributed by atoms with van der Waals surface area (Å²) in [5.41, 5.74) is 9.74. The van der Waals surface area contributed by atoms with E-state index in [2.05, 4.69) is 39.2 Å². The van der Waals surface area contributed by atoms with Crippen LogP contribution in [0, 0.1) is 5.92 Å². The van der Waals surface area contributed by atoms with E-state index in [9.17, 15) is 9.35 Å². The lowest BCUT2D eigenvalue weighted by Crippen LogP contribution is -2.38. The molecule has 0 bridgehead atoms. The number of hydrogen-bond donors (Lipinski definition) is 2. The number of nitrogen functional groups attached to an aromatic ring is 1. The van der Waals surface area contributed by atoms with E-state index in [-0.39, 0.29) is 5.95 Å². The lowest BCUT2D eigenvalue weighted by molar-refractivity contribution is -0.108. The van der Waals surface area contributed by atoms with Crippen molar-refractivity contribution in [2.45, 2.75) is 33.2 Å². The molecule has 2 aliphatic rings. The number of rotatable bonds is 5.